The van der Waals surface area contributed by atoms with Crippen LogP contribution in [-0.2, 0) is 10.8 Å². The Morgan fingerprint density at radius 3 is 1.82 bits per heavy atom. The highest BCUT2D eigenvalue weighted by Crippen LogP contribution is 2.50. The molecule has 6 aromatic heterocycles. The number of hydrogen-bond acceptors (Lipinski definition) is 1. The molecule has 0 spiro atoms. The van der Waals surface area contributed by atoms with Crippen molar-refractivity contribution in [3.05, 3.63) is 181 Å². The summed E-state index contributed by atoms with van der Waals surface area (Å²) in [5.41, 5.74) is 16.7. The smallest absolute Gasteiger partial charge is 0.146 e. The quantitative estimate of drug-likeness (QED) is 0.170. The topological polar surface area (TPSA) is 26.6 Å². The van der Waals surface area contributed by atoms with Crippen LogP contribution < -0.4 is 0 Å². The van der Waals surface area contributed by atoms with Crippen molar-refractivity contribution >= 4 is 120 Å². The van der Waals surface area contributed by atoms with Gasteiger partial charge in [-0.05, 0) is 110 Å². The van der Waals surface area contributed by atoms with Gasteiger partial charge in [0, 0.05) is 65.1 Å². The van der Waals surface area contributed by atoms with Gasteiger partial charge < -0.3 is 8.97 Å². The molecule has 6 heterocycles. The summed E-state index contributed by atoms with van der Waals surface area (Å²) < 4.78 is 7.50. The normalized spacial score (nSPS) is 13.2. The first kappa shape index (κ1) is 37.3. The molecule has 0 aliphatic heterocycles. The van der Waals surface area contributed by atoms with E-state index in [2.05, 4.69) is 225 Å². The second-order valence-corrected chi connectivity index (χ2v) is 21.2. The summed E-state index contributed by atoms with van der Waals surface area (Å²) in [5.74, 6) is 0. The van der Waals surface area contributed by atoms with Crippen molar-refractivity contribution in [2.24, 2.45) is 0 Å². The van der Waals surface area contributed by atoms with Gasteiger partial charge in [0.25, 0.3) is 0 Å². The molecule has 9 aromatic carbocycles. The van der Waals surface area contributed by atoms with Crippen LogP contribution in [0, 0.1) is 0 Å². The summed E-state index contributed by atoms with van der Waals surface area (Å²) in [7, 11) is 0. The predicted molar refractivity (Wildman–Crippen MR) is 286 cm³/mol. The van der Waals surface area contributed by atoms with E-state index in [0.29, 0.717) is 0 Å². The second kappa shape index (κ2) is 12.5. The van der Waals surface area contributed by atoms with Crippen molar-refractivity contribution in [3.8, 4) is 16.8 Å². The van der Waals surface area contributed by atoms with E-state index in [-0.39, 0.29) is 10.8 Å². The molecule has 0 atom stereocenters. The van der Waals surface area contributed by atoms with E-state index in [4.69, 9.17) is 4.98 Å². The third-order valence-electron chi connectivity index (χ3n) is 15.3. The summed E-state index contributed by atoms with van der Waals surface area (Å²) in [6.45, 7) is 14.0. The van der Waals surface area contributed by atoms with Gasteiger partial charge in [0.05, 0.1) is 44.1 Å². The Morgan fingerprint density at radius 2 is 1.01 bits per heavy atom. The number of benzene rings is 9. The molecule has 0 saturated carbocycles. The van der Waals surface area contributed by atoms with Gasteiger partial charge in [-0.25, -0.2) is 4.98 Å². The Balaban J connectivity index is 1.14. The number of aromatic nitrogens is 4. The largest absolute Gasteiger partial charge is 0.309 e. The first-order chi connectivity index (χ1) is 32.5. The van der Waals surface area contributed by atoms with E-state index in [0.717, 1.165) is 22.4 Å². The van der Waals surface area contributed by atoms with E-state index in [1.165, 1.54) is 125 Å². The van der Waals surface area contributed by atoms with Crippen LogP contribution in [-0.4, -0.2) is 18.4 Å². The van der Waals surface area contributed by atoms with Gasteiger partial charge in [-0.15, -0.1) is 0 Å². The lowest BCUT2D eigenvalue weighted by molar-refractivity contribution is 0.591. The molecule has 0 aliphatic rings. The number of para-hydroxylation sites is 2. The lowest BCUT2D eigenvalue weighted by Gasteiger charge is -2.21. The lowest BCUT2D eigenvalue weighted by Crippen LogP contribution is -2.11. The average molecular weight is 859 g/mol. The van der Waals surface area contributed by atoms with Crippen molar-refractivity contribution in [1.82, 2.24) is 18.4 Å². The zero-order valence-electron chi connectivity index (χ0n) is 38.5. The van der Waals surface area contributed by atoms with Gasteiger partial charge in [0.1, 0.15) is 5.65 Å². The highest BCUT2D eigenvalue weighted by Gasteiger charge is 2.29. The monoisotopic (exact) mass is 858 g/mol. The lowest BCUT2D eigenvalue weighted by atomic mass is 9.83. The van der Waals surface area contributed by atoms with E-state index in [9.17, 15) is 0 Å². The van der Waals surface area contributed by atoms with Gasteiger partial charge in [0.2, 0.25) is 0 Å². The molecule has 0 unspecified atom stereocenters. The fraction of sp³-hybridized carbons (Fsp3) is 0.127. The van der Waals surface area contributed by atoms with E-state index in [1.807, 2.05) is 0 Å². The Morgan fingerprint density at radius 1 is 0.373 bits per heavy atom. The number of pyridine rings is 1. The van der Waals surface area contributed by atoms with E-state index in [1.54, 1.807) is 0 Å². The summed E-state index contributed by atoms with van der Waals surface area (Å²) in [6.07, 6.45) is 0. The minimum Gasteiger partial charge on any atom is -0.309 e. The summed E-state index contributed by atoms with van der Waals surface area (Å²) in [6, 6.07) is 64.0. The van der Waals surface area contributed by atoms with Crippen molar-refractivity contribution in [1.29, 1.82) is 0 Å². The van der Waals surface area contributed by atoms with Crippen LogP contribution in [0.5, 0.6) is 0 Å². The summed E-state index contributed by atoms with van der Waals surface area (Å²) >= 11 is 0. The average Bonchev–Trinajstić information content (AvgIpc) is 4.12. The van der Waals surface area contributed by atoms with Gasteiger partial charge in [-0.3, -0.25) is 4.40 Å². The highest BCUT2D eigenvalue weighted by atomic mass is 15.0. The summed E-state index contributed by atoms with van der Waals surface area (Å²) in [5, 5.41) is 16.3. The number of hydrogen-bond donors (Lipinski definition) is 0. The first-order valence-electron chi connectivity index (χ1n) is 23.7. The van der Waals surface area contributed by atoms with Crippen molar-refractivity contribution in [3.63, 3.8) is 0 Å². The maximum Gasteiger partial charge on any atom is 0.146 e. The summed E-state index contributed by atoms with van der Waals surface area (Å²) in [4.78, 5) is 5.98. The predicted octanol–water partition coefficient (Wildman–Crippen LogP) is 17.0. The van der Waals surface area contributed by atoms with Crippen molar-refractivity contribution < 1.29 is 0 Å². The first-order valence-corrected chi connectivity index (χ1v) is 23.7. The Bertz CT molecular complexity index is 4620. The molecule has 15 aromatic rings. The van der Waals surface area contributed by atoms with Gasteiger partial charge in [0.15, 0.2) is 0 Å². The molecule has 0 bridgehead atoms. The highest BCUT2D eigenvalue weighted by molar-refractivity contribution is 6.34. The zero-order chi connectivity index (χ0) is 44.8. The Hall–Kier alpha value is -7.95. The SMILES string of the molecule is CC(C)(C)c1cc(-c2ccc3c(c2)c2ccccc2n3-c2ccccc2)c2c(c1)c1c3ccccc3cc3c4cc5c(nc4n2c31)c1cc(C(C)(C)C)cc2c3ccc4ccccc4c3n5c21. The Kier molecular flexibility index (Phi) is 6.94. The zero-order valence-corrected chi connectivity index (χ0v) is 38.5. The molecule has 0 radical (unpaired) electrons. The van der Waals surface area contributed by atoms with Crippen LogP contribution in [0.25, 0.3) is 137 Å². The number of fused-ring (bicyclic) bond motifs is 19. The second-order valence-electron chi connectivity index (χ2n) is 21.2. The maximum atomic E-state index is 5.98. The van der Waals surface area contributed by atoms with Gasteiger partial charge in [-0.2, -0.15) is 0 Å². The molecule has 0 amide bonds. The van der Waals surface area contributed by atoms with Crippen LogP contribution in [0.1, 0.15) is 52.7 Å². The number of rotatable bonds is 2. The fourth-order valence-electron chi connectivity index (χ4n) is 12.1. The van der Waals surface area contributed by atoms with Crippen molar-refractivity contribution in [2.45, 2.75) is 52.4 Å². The minimum atomic E-state index is -0.0941. The van der Waals surface area contributed by atoms with E-state index < -0.39 is 0 Å². The van der Waals surface area contributed by atoms with E-state index >= 15 is 0 Å². The van der Waals surface area contributed by atoms with Crippen LogP contribution in [0.3, 0.4) is 0 Å². The Labute approximate surface area is 386 Å². The minimum absolute atomic E-state index is 0.0528. The standard InChI is InChI=1S/C63H46N4/c1-62(2,3)38-30-45(37-25-27-53-46(28-37)43-22-14-15-23-52(43)65(53)40-18-8-7-9-19-40)58-50(32-38)55-41-20-12-11-17-36(41)29-47-49-34-54-56(64-61(49)67(58)60(47)55)51-33-39(63(4,5)6)31-48-44-26-24-35-16-10-13-21-42(35)57(44)66(54)59(48)51/h7-34H,1-6H3. The molecular weight excluding hydrogens is 813 g/mol. The molecule has 318 valence electrons. The molecule has 15 rings (SSSR count). The van der Waals surface area contributed by atoms with Gasteiger partial charge in [-0.1, -0.05) is 145 Å². The van der Waals surface area contributed by atoms with Crippen molar-refractivity contribution in [2.75, 3.05) is 0 Å². The third kappa shape index (κ3) is 4.79. The van der Waals surface area contributed by atoms with Gasteiger partial charge >= 0.3 is 0 Å². The van der Waals surface area contributed by atoms with Crippen LogP contribution in [0.4, 0.5) is 0 Å². The maximum absolute atomic E-state index is 5.98. The molecule has 67 heavy (non-hydrogen) atoms. The molecule has 4 heteroatoms. The molecule has 0 aliphatic carbocycles. The fourth-order valence-corrected chi connectivity index (χ4v) is 12.1. The van der Waals surface area contributed by atoms with Crippen LogP contribution >= 0.6 is 0 Å². The number of nitrogens with zero attached hydrogens (tertiary/aromatic N) is 4. The molecule has 0 fully saturated rings. The third-order valence-corrected chi connectivity index (χ3v) is 15.3. The molecule has 0 saturated heterocycles. The molecule has 4 nitrogen and oxygen atoms in total. The molecular formula is C63H46N4. The van der Waals surface area contributed by atoms with Crippen LogP contribution in [0.2, 0.25) is 0 Å². The van der Waals surface area contributed by atoms with Crippen LogP contribution in [0.15, 0.2) is 170 Å². The molecule has 0 N–H and O–H groups in total.